The molecule has 0 unspecified atom stereocenters. The fourth-order valence-corrected chi connectivity index (χ4v) is 4.88. The summed E-state index contributed by atoms with van der Waals surface area (Å²) in [5.41, 5.74) is 5.54. The lowest BCUT2D eigenvalue weighted by Crippen LogP contribution is -2.11. The van der Waals surface area contributed by atoms with E-state index in [0.717, 1.165) is 39.1 Å². The molecule has 8 nitrogen and oxygen atoms in total. The third kappa shape index (κ3) is 4.36. The second kappa shape index (κ2) is 10.1. The van der Waals surface area contributed by atoms with Crippen molar-refractivity contribution in [2.75, 3.05) is 21.3 Å². The van der Waals surface area contributed by atoms with Crippen molar-refractivity contribution in [1.29, 1.82) is 0 Å². The average molecular weight is 500 g/mol. The van der Waals surface area contributed by atoms with E-state index in [2.05, 4.69) is 22.1 Å². The minimum atomic E-state index is 0.531. The van der Waals surface area contributed by atoms with Gasteiger partial charge in [-0.3, -0.25) is 4.98 Å². The molecule has 0 amide bonds. The number of rotatable bonds is 7. The Hall–Kier alpha value is -4.37. The van der Waals surface area contributed by atoms with E-state index in [9.17, 15) is 0 Å². The lowest BCUT2D eigenvalue weighted by molar-refractivity contribution is 0.324. The molecule has 0 aliphatic rings. The predicted molar refractivity (Wildman–Crippen MR) is 143 cm³/mol. The Bertz CT molecular complexity index is 1590. The Labute approximate surface area is 212 Å². The highest BCUT2D eigenvalue weighted by Gasteiger charge is 2.17. The van der Waals surface area contributed by atoms with E-state index in [1.807, 2.05) is 59.6 Å². The molecular weight excluding hydrogens is 474 g/mol. The molecule has 0 saturated carbocycles. The van der Waals surface area contributed by atoms with Crippen molar-refractivity contribution in [1.82, 2.24) is 14.6 Å². The minimum Gasteiger partial charge on any atom is -0.493 e. The van der Waals surface area contributed by atoms with E-state index < -0.39 is 0 Å². The van der Waals surface area contributed by atoms with Gasteiger partial charge in [-0.05, 0) is 37.3 Å². The average Bonchev–Trinajstić information content (AvgIpc) is 3.46. The number of nitrogens with one attached hydrogen (secondary N) is 1. The van der Waals surface area contributed by atoms with Gasteiger partial charge in [0.25, 0.3) is 0 Å². The molecule has 3 heterocycles. The van der Waals surface area contributed by atoms with Crippen LogP contribution in [-0.2, 0) is 0 Å². The predicted octanol–water partition coefficient (Wildman–Crippen LogP) is 5.54. The van der Waals surface area contributed by atoms with Gasteiger partial charge in [0.05, 0.1) is 45.1 Å². The van der Waals surface area contributed by atoms with Gasteiger partial charge >= 0.3 is 0 Å². The molecule has 0 spiro atoms. The summed E-state index contributed by atoms with van der Waals surface area (Å²) in [6, 6.07) is 15.7. The molecule has 182 valence electrons. The van der Waals surface area contributed by atoms with E-state index in [1.54, 1.807) is 33.7 Å². The smallest absolute Gasteiger partial charge is 0.211 e. The molecule has 3 aromatic heterocycles. The molecule has 5 rings (SSSR count). The highest BCUT2D eigenvalue weighted by atomic mass is 32.1. The Morgan fingerprint density at radius 1 is 1.00 bits per heavy atom. The van der Waals surface area contributed by atoms with E-state index in [-0.39, 0.29) is 0 Å². The van der Waals surface area contributed by atoms with E-state index in [4.69, 9.17) is 24.3 Å². The van der Waals surface area contributed by atoms with Gasteiger partial charge in [-0.15, -0.1) is 11.3 Å². The van der Waals surface area contributed by atoms with Gasteiger partial charge in [0.2, 0.25) is 10.6 Å². The highest BCUT2D eigenvalue weighted by Crippen LogP contribution is 2.41. The quantitative estimate of drug-likeness (QED) is 0.298. The van der Waals surface area contributed by atoms with Gasteiger partial charge in [0.1, 0.15) is 0 Å². The second-order valence-electron chi connectivity index (χ2n) is 7.91. The van der Waals surface area contributed by atoms with Crippen LogP contribution in [0.25, 0.3) is 22.2 Å². The standard InChI is InChI=1S/C27H25N5O3S/c1-17-21(20-9-5-6-10-22(20)30-17)15-29-32-23(16-36-27(32)31-19-8-7-11-28-14-19)18-12-24(33-2)26(35-4)25(13-18)34-3/h5-16,30H,1-4H3. The normalized spacial score (nSPS) is 11.9. The number of hydrogen-bond acceptors (Lipinski definition) is 7. The molecule has 0 saturated heterocycles. The number of aromatic amines is 1. The summed E-state index contributed by atoms with van der Waals surface area (Å²) < 4.78 is 18.5. The van der Waals surface area contributed by atoms with Crippen LogP contribution in [0.5, 0.6) is 17.2 Å². The van der Waals surface area contributed by atoms with Gasteiger partial charge in [-0.25, -0.2) is 9.67 Å². The van der Waals surface area contributed by atoms with E-state index in [0.29, 0.717) is 22.0 Å². The number of para-hydroxylation sites is 1. The number of pyridine rings is 1. The maximum atomic E-state index is 5.58. The van der Waals surface area contributed by atoms with Crippen LogP contribution in [0, 0.1) is 6.92 Å². The van der Waals surface area contributed by atoms with Crippen LogP contribution in [0.4, 0.5) is 5.69 Å². The summed E-state index contributed by atoms with van der Waals surface area (Å²) in [6.07, 6.45) is 5.31. The molecule has 0 radical (unpaired) electrons. The zero-order valence-corrected chi connectivity index (χ0v) is 21.2. The van der Waals surface area contributed by atoms with Gasteiger partial charge < -0.3 is 19.2 Å². The number of benzene rings is 2. The molecule has 0 atom stereocenters. The first-order valence-electron chi connectivity index (χ1n) is 11.2. The minimum absolute atomic E-state index is 0.531. The third-order valence-electron chi connectivity index (χ3n) is 5.76. The van der Waals surface area contributed by atoms with E-state index in [1.165, 1.54) is 11.3 Å². The van der Waals surface area contributed by atoms with Crippen LogP contribution < -0.4 is 19.0 Å². The summed E-state index contributed by atoms with van der Waals surface area (Å²) in [5.74, 6) is 1.65. The lowest BCUT2D eigenvalue weighted by atomic mass is 10.1. The summed E-state index contributed by atoms with van der Waals surface area (Å²) >= 11 is 1.48. The summed E-state index contributed by atoms with van der Waals surface area (Å²) in [5, 5.41) is 8.02. The molecule has 1 N–H and O–H groups in total. The van der Waals surface area contributed by atoms with Gasteiger partial charge in [-0.2, -0.15) is 5.10 Å². The second-order valence-corrected chi connectivity index (χ2v) is 8.74. The molecule has 2 aromatic carbocycles. The molecule has 0 aliphatic heterocycles. The Morgan fingerprint density at radius 3 is 2.47 bits per heavy atom. The summed E-state index contributed by atoms with van der Waals surface area (Å²) in [6.45, 7) is 2.04. The van der Waals surface area contributed by atoms with Crippen molar-refractivity contribution in [2.24, 2.45) is 10.1 Å². The molecule has 0 aliphatic carbocycles. The first-order valence-corrected chi connectivity index (χ1v) is 12.1. The maximum Gasteiger partial charge on any atom is 0.211 e. The molecule has 5 aromatic rings. The number of thiazole rings is 1. The lowest BCUT2D eigenvalue weighted by Gasteiger charge is -2.14. The van der Waals surface area contributed by atoms with Crippen LogP contribution in [0.15, 0.2) is 76.4 Å². The Balaban J connectivity index is 1.71. The monoisotopic (exact) mass is 499 g/mol. The van der Waals surface area contributed by atoms with Crippen molar-refractivity contribution in [3.05, 3.63) is 82.4 Å². The van der Waals surface area contributed by atoms with Crippen molar-refractivity contribution < 1.29 is 14.2 Å². The molecule has 0 bridgehead atoms. The van der Waals surface area contributed by atoms with Crippen LogP contribution in [-0.4, -0.2) is 42.2 Å². The van der Waals surface area contributed by atoms with Crippen molar-refractivity contribution in [2.45, 2.75) is 6.92 Å². The third-order valence-corrected chi connectivity index (χ3v) is 6.58. The molecule has 36 heavy (non-hydrogen) atoms. The van der Waals surface area contributed by atoms with Gasteiger partial charge in [0.15, 0.2) is 11.5 Å². The fraction of sp³-hybridized carbons (Fsp3) is 0.148. The zero-order chi connectivity index (χ0) is 25.1. The number of fused-ring (bicyclic) bond motifs is 1. The van der Waals surface area contributed by atoms with Crippen LogP contribution in [0.1, 0.15) is 11.3 Å². The number of methoxy groups -OCH3 is 3. The molecule has 0 fully saturated rings. The van der Waals surface area contributed by atoms with Crippen molar-refractivity contribution in [3.63, 3.8) is 0 Å². The van der Waals surface area contributed by atoms with Crippen molar-refractivity contribution in [3.8, 4) is 28.5 Å². The molecule has 9 heteroatoms. The van der Waals surface area contributed by atoms with Crippen LogP contribution in [0.2, 0.25) is 0 Å². The van der Waals surface area contributed by atoms with Crippen LogP contribution in [0.3, 0.4) is 0 Å². The van der Waals surface area contributed by atoms with Crippen molar-refractivity contribution >= 4 is 34.1 Å². The summed E-state index contributed by atoms with van der Waals surface area (Å²) in [4.78, 5) is 13.1. The number of H-pyrrole nitrogens is 1. The number of nitrogens with zero attached hydrogens (tertiary/aromatic N) is 4. The van der Waals surface area contributed by atoms with Crippen LogP contribution >= 0.6 is 11.3 Å². The largest absolute Gasteiger partial charge is 0.493 e. The molecular formula is C27H25N5O3S. The topological polar surface area (TPSA) is 86.0 Å². The Morgan fingerprint density at radius 2 is 1.78 bits per heavy atom. The first-order chi connectivity index (χ1) is 17.6. The van der Waals surface area contributed by atoms with Gasteiger partial charge in [-0.1, -0.05) is 18.2 Å². The number of hydrogen-bond donors (Lipinski definition) is 1. The number of aromatic nitrogens is 3. The number of ether oxygens (including phenoxy) is 3. The fourth-order valence-electron chi connectivity index (χ4n) is 4.03. The summed E-state index contributed by atoms with van der Waals surface area (Å²) in [7, 11) is 4.79. The zero-order valence-electron chi connectivity index (χ0n) is 20.4. The SMILES string of the molecule is COc1cc(-c2csc(=Nc3cccnc3)n2N=Cc2c(C)[nH]c3ccccc23)cc(OC)c1OC. The first kappa shape index (κ1) is 23.4. The maximum absolute atomic E-state index is 5.58. The van der Waals surface area contributed by atoms with E-state index >= 15 is 0 Å². The number of aryl methyl sites for hydroxylation is 1. The van der Waals surface area contributed by atoms with Gasteiger partial charge in [0, 0.05) is 39.3 Å². The Kier molecular flexibility index (Phi) is 6.55. The highest BCUT2D eigenvalue weighted by molar-refractivity contribution is 7.07.